The summed E-state index contributed by atoms with van der Waals surface area (Å²) in [6.45, 7) is 1.36. The first-order valence-corrected chi connectivity index (χ1v) is 8.85. The van der Waals surface area contributed by atoms with E-state index in [0.29, 0.717) is 18.8 Å². The van der Waals surface area contributed by atoms with Gasteiger partial charge in [0.15, 0.2) is 11.4 Å². The van der Waals surface area contributed by atoms with Gasteiger partial charge in [-0.1, -0.05) is 0 Å². The van der Waals surface area contributed by atoms with E-state index in [-0.39, 0.29) is 11.9 Å². The average molecular weight is 405 g/mol. The summed E-state index contributed by atoms with van der Waals surface area (Å²) in [6, 6.07) is 3.67. The molecule has 25 heavy (non-hydrogen) atoms. The van der Waals surface area contributed by atoms with E-state index in [4.69, 9.17) is 4.42 Å². The van der Waals surface area contributed by atoms with Gasteiger partial charge in [-0.15, -0.1) is 0 Å². The van der Waals surface area contributed by atoms with Crippen molar-refractivity contribution in [2.45, 2.75) is 18.9 Å². The molecular weight excluding hydrogens is 388 g/mol. The Morgan fingerprint density at radius 2 is 2.16 bits per heavy atom. The van der Waals surface area contributed by atoms with Gasteiger partial charge in [0.2, 0.25) is 0 Å². The summed E-state index contributed by atoms with van der Waals surface area (Å²) in [4.78, 5) is 22.8. The summed E-state index contributed by atoms with van der Waals surface area (Å²) in [6.07, 6.45) is 4.74. The highest BCUT2D eigenvalue weighted by molar-refractivity contribution is 9.10. The molecule has 1 fully saturated rings. The third-order valence-corrected chi connectivity index (χ3v) is 4.99. The van der Waals surface area contributed by atoms with Crippen LogP contribution >= 0.6 is 15.9 Å². The van der Waals surface area contributed by atoms with Gasteiger partial charge in [-0.05, 0) is 40.9 Å². The van der Waals surface area contributed by atoms with Gasteiger partial charge in [0, 0.05) is 26.2 Å². The molecule has 0 unspecified atom stereocenters. The Morgan fingerprint density at radius 3 is 2.88 bits per heavy atom. The summed E-state index contributed by atoms with van der Waals surface area (Å²) in [5.41, 5.74) is 0.773. The molecule has 4 heterocycles. The maximum absolute atomic E-state index is 12.3. The zero-order chi connectivity index (χ0) is 17.4. The molecule has 0 bridgehead atoms. The van der Waals surface area contributed by atoms with Gasteiger partial charge in [-0.25, -0.2) is 14.6 Å². The summed E-state index contributed by atoms with van der Waals surface area (Å²) in [5.74, 6) is 1.10. The van der Waals surface area contributed by atoms with Crippen molar-refractivity contribution in [3.8, 4) is 0 Å². The molecule has 3 aromatic heterocycles. The molecule has 1 aliphatic heterocycles. The molecule has 4 rings (SSSR count). The number of piperidine rings is 1. The predicted octanol–water partition coefficient (Wildman–Crippen LogP) is 2.44. The molecule has 0 aliphatic carbocycles. The van der Waals surface area contributed by atoms with Gasteiger partial charge < -0.3 is 14.6 Å². The Morgan fingerprint density at radius 1 is 1.36 bits per heavy atom. The Labute approximate surface area is 152 Å². The van der Waals surface area contributed by atoms with Gasteiger partial charge in [0.25, 0.3) is 5.91 Å². The third-order valence-electron chi connectivity index (χ3n) is 4.43. The number of anilines is 1. The molecule has 0 spiro atoms. The molecule has 0 atom stereocenters. The number of nitrogens with one attached hydrogen (secondary N) is 1. The predicted molar refractivity (Wildman–Crippen MR) is 95.3 cm³/mol. The van der Waals surface area contributed by atoms with E-state index < -0.39 is 0 Å². The first-order chi connectivity index (χ1) is 12.1. The van der Waals surface area contributed by atoms with E-state index in [1.165, 1.54) is 12.6 Å². The van der Waals surface area contributed by atoms with Crippen molar-refractivity contribution in [1.29, 1.82) is 0 Å². The number of hydrogen-bond donors (Lipinski definition) is 1. The molecule has 0 saturated carbocycles. The van der Waals surface area contributed by atoms with Crippen LogP contribution in [0.1, 0.15) is 23.4 Å². The first kappa shape index (κ1) is 16.1. The number of rotatable bonds is 3. The average Bonchev–Trinajstić information content (AvgIpc) is 3.25. The molecular formula is C16H17BrN6O2. The van der Waals surface area contributed by atoms with Gasteiger partial charge in [0.05, 0.1) is 11.6 Å². The molecule has 1 saturated heterocycles. The van der Waals surface area contributed by atoms with E-state index in [9.17, 15) is 4.79 Å². The van der Waals surface area contributed by atoms with Crippen LogP contribution in [-0.4, -0.2) is 49.7 Å². The van der Waals surface area contributed by atoms with Crippen molar-refractivity contribution in [1.82, 2.24) is 24.6 Å². The molecule has 9 heteroatoms. The lowest BCUT2D eigenvalue weighted by atomic mass is 10.0. The number of halogens is 1. The SMILES string of the molecule is Cn1nc(Br)c2c(NC3CCN(C(=O)c4ccco4)CC3)ncnc21. The molecule has 8 nitrogen and oxygen atoms in total. The first-order valence-electron chi connectivity index (χ1n) is 8.06. The number of likely N-dealkylation sites (tertiary alicyclic amines) is 1. The maximum atomic E-state index is 12.3. The standard InChI is InChI=1S/C16H17BrN6O2/c1-22-15-12(13(17)21-22)14(18-9-19-15)20-10-4-6-23(7-5-10)16(24)11-3-2-8-25-11/h2-3,8-10H,4-7H2,1H3,(H,18,19,20). The second kappa shape index (κ2) is 6.47. The van der Waals surface area contributed by atoms with E-state index in [0.717, 1.165) is 34.3 Å². The number of aromatic nitrogens is 4. The van der Waals surface area contributed by atoms with Crippen molar-refractivity contribution in [2.75, 3.05) is 18.4 Å². The fourth-order valence-electron chi connectivity index (χ4n) is 3.13. The number of carbonyl (C=O) groups excluding carboxylic acids is 1. The van der Waals surface area contributed by atoms with Crippen molar-refractivity contribution < 1.29 is 9.21 Å². The van der Waals surface area contributed by atoms with Crippen LogP contribution in [0.3, 0.4) is 0 Å². The minimum atomic E-state index is -0.0529. The Hall–Kier alpha value is -2.42. The van der Waals surface area contributed by atoms with Crippen LogP contribution in [0, 0.1) is 0 Å². The van der Waals surface area contributed by atoms with Crippen LogP contribution in [0.15, 0.2) is 33.7 Å². The Kier molecular flexibility index (Phi) is 4.16. The number of furan rings is 1. The second-order valence-electron chi connectivity index (χ2n) is 6.02. The Bertz CT molecular complexity index is 899. The van der Waals surface area contributed by atoms with Crippen LogP contribution in [0.4, 0.5) is 5.82 Å². The highest BCUT2D eigenvalue weighted by Crippen LogP contribution is 2.28. The monoisotopic (exact) mass is 404 g/mol. The van der Waals surface area contributed by atoms with Crippen LogP contribution in [0.2, 0.25) is 0 Å². The van der Waals surface area contributed by atoms with Crippen molar-refractivity contribution >= 4 is 38.7 Å². The fourth-order valence-corrected chi connectivity index (χ4v) is 3.73. The lowest BCUT2D eigenvalue weighted by molar-refractivity contribution is 0.0686. The van der Waals surface area contributed by atoms with Gasteiger partial charge >= 0.3 is 0 Å². The molecule has 0 aromatic carbocycles. The molecule has 130 valence electrons. The van der Waals surface area contributed by atoms with Gasteiger partial charge in [-0.2, -0.15) is 5.10 Å². The van der Waals surface area contributed by atoms with Crippen LogP contribution in [0.25, 0.3) is 11.0 Å². The number of fused-ring (bicyclic) bond motifs is 1. The zero-order valence-corrected chi connectivity index (χ0v) is 15.2. The number of amides is 1. The molecule has 1 aliphatic rings. The smallest absolute Gasteiger partial charge is 0.289 e. The lowest BCUT2D eigenvalue weighted by Crippen LogP contribution is -2.42. The van der Waals surface area contributed by atoms with Crippen LogP contribution in [-0.2, 0) is 7.05 Å². The van der Waals surface area contributed by atoms with Crippen LogP contribution < -0.4 is 5.32 Å². The number of aryl methyl sites for hydroxylation is 1. The second-order valence-corrected chi connectivity index (χ2v) is 6.77. The third kappa shape index (κ3) is 2.99. The maximum Gasteiger partial charge on any atom is 0.289 e. The highest BCUT2D eigenvalue weighted by Gasteiger charge is 2.26. The van der Waals surface area contributed by atoms with E-state index in [1.807, 2.05) is 11.9 Å². The summed E-state index contributed by atoms with van der Waals surface area (Å²) in [5, 5.41) is 8.69. The highest BCUT2D eigenvalue weighted by atomic mass is 79.9. The minimum absolute atomic E-state index is 0.0529. The van der Waals surface area contributed by atoms with Crippen molar-refractivity contribution in [3.05, 3.63) is 35.1 Å². The quantitative estimate of drug-likeness (QED) is 0.720. The normalized spacial score (nSPS) is 15.7. The number of carbonyl (C=O) groups is 1. The lowest BCUT2D eigenvalue weighted by Gasteiger charge is -2.32. The van der Waals surface area contributed by atoms with Gasteiger partial charge in [0.1, 0.15) is 16.7 Å². The number of hydrogen-bond acceptors (Lipinski definition) is 6. The van der Waals surface area contributed by atoms with E-state index in [1.54, 1.807) is 16.8 Å². The Balaban J connectivity index is 1.45. The van der Waals surface area contributed by atoms with E-state index >= 15 is 0 Å². The zero-order valence-electron chi connectivity index (χ0n) is 13.6. The summed E-state index contributed by atoms with van der Waals surface area (Å²) < 4.78 is 7.64. The van der Waals surface area contributed by atoms with Gasteiger partial charge in [-0.3, -0.25) is 4.79 Å². The van der Waals surface area contributed by atoms with Crippen molar-refractivity contribution in [2.24, 2.45) is 7.05 Å². The molecule has 0 radical (unpaired) electrons. The summed E-state index contributed by atoms with van der Waals surface area (Å²) >= 11 is 3.47. The van der Waals surface area contributed by atoms with E-state index in [2.05, 4.69) is 36.3 Å². The topological polar surface area (TPSA) is 89.1 Å². The molecule has 3 aromatic rings. The minimum Gasteiger partial charge on any atom is -0.459 e. The molecule has 1 amide bonds. The molecule has 1 N–H and O–H groups in total. The van der Waals surface area contributed by atoms with Crippen molar-refractivity contribution in [3.63, 3.8) is 0 Å². The van der Waals surface area contributed by atoms with Crippen LogP contribution in [0.5, 0.6) is 0 Å². The fraction of sp³-hybridized carbons (Fsp3) is 0.375. The number of nitrogens with zero attached hydrogens (tertiary/aromatic N) is 5. The summed E-state index contributed by atoms with van der Waals surface area (Å²) in [7, 11) is 1.85. The largest absolute Gasteiger partial charge is 0.459 e.